The van der Waals surface area contributed by atoms with Crippen molar-refractivity contribution in [1.29, 1.82) is 0 Å². The first-order chi connectivity index (χ1) is 9.77. The summed E-state index contributed by atoms with van der Waals surface area (Å²) < 4.78 is 28.9. The van der Waals surface area contributed by atoms with Crippen LogP contribution in [0.4, 0.5) is 8.78 Å². The van der Waals surface area contributed by atoms with E-state index in [4.69, 9.17) is 0 Å². The highest BCUT2D eigenvalue weighted by atomic mass is 79.9. The third-order valence-corrected chi connectivity index (χ3v) is 7.61. The van der Waals surface area contributed by atoms with Crippen molar-refractivity contribution in [2.45, 2.75) is 13.6 Å². The topological polar surface area (TPSA) is 0 Å². The molecule has 7 heteroatoms. The molecule has 114 valence electrons. The zero-order chi connectivity index (χ0) is 16.2. The first-order valence-corrected chi connectivity index (χ1v) is 9.54. The summed E-state index contributed by atoms with van der Waals surface area (Å²) in [6, 6.07) is 6.43. The van der Waals surface area contributed by atoms with Gasteiger partial charge in [0.1, 0.15) is 12.5 Å². The van der Waals surface area contributed by atoms with E-state index in [2.05, 4.69) is 79.6 Å². The van der Waals surface area contributed by atoms with Crippen LogP contribution in [0, 0.1) is 12.7 Å². The monoisotopic (exact) mass is 610 g/mol. The Morgan fingerprint density at radius 1 is 0.857 bits per heavy atom. The molecule has 0 saturated carbocycles. The number of benzene rings is 2. The maximum atomic E-state index is 12.5. The SMILES string of the molecule is Cc1c(Br)cc(F)cc1Br.FCc1ccc(Br)c(Br)c1Br. The molecule has 0 atom stereocenters. The van der Waals surface area contributed by atoms with Crippen molar-refractivity contribution in [2.24, 2.45) is 0 Å². The summed E-state index contributed by atoms with van der Waals surface area (Å²) in [6.45, 7) is 1.46. The second-order valence-electron chi connectivity index (χ2n) is 3.96. The van der Waals surface area contributed by atoms with Crippen LogP contribution in [-0.4, -0.2) is 0 Å². The van der Waals surface area contributed by atoms with Gasteiger partial charge in [-0.05, 0) is 84.0 Å². The second kappa shape index (κ2) is 9.11. The molecule has 0 radical (unpaired) electrons. The van der Waals surface area contributed by atoms with Gasteiger partial charge in [-0.2, -0.15) is 0 Å². The largest absolute Gasteiger partial charge is 0.246 e. The van der Waals surface area contributed by atoms with Gasteiger partial charge in [0.15, 0.2) is 0 Å². The Bertz CT molecular complexity index is 620. The molecule has 0 saturated heterocycles. The number of rotatable bonds is 1. The van der Waals surface area contributed by atoms with E-state index in [-0.39, 0.29) is 5.82 Å². The van der Waals surface area contributed by atoms with Crippen molar-refractivity contribution in [3.05, 3.63) is 63.6 Å². The Balaban J connectivity index is 0.000000211. The zero-order valence-corrected chi connectivity index (χ0v) is 18.6. The average molecular weight is 615 g/mol. The summed E-state index contributed by atoms with van der Waals surface area (Å²) in [5.74, 6) is -0.232. The third-order valence-electron chi connectivity index (χ3n) is 2.50. The lowest BCUT2D eigenvalue weighted by Crippen LogP contribution is -1.82. The Hall–Kier alpha value is 0.700. The van der Waals surface area contributed by atoms with Gasteiger partial charge in [-0.1, -0.05) is 37.9 Å². The van der Waals surface area contributed by atoms with Crippen molar-refractivity contribution in [3.8, 4) is 0 Å². The van der Waals surface area contributed by atoms with Gasteiger partial charge in [-0.3, -0.25) is 0 Å². The van der Waals surface area contributed by atoms with Gasteiger partial charge in [0.2, 0.25) is 0 Å². The standard InChI is InChI=1S/C7H4Br3F.C7H5Br2F/c8-5-2-1-4(3-11)6(9)7(5)10;1-4-6(8)2-5(10)3-7(4)9/h1-2H,3H2;2-3H,1H3. The van der Waals surface area contributed by atoms with Crippen LogP contribution in [0.3, 0.4) is 0 Å². The molecule has 2 aromatic carbocycles. The third kappa shape index (κ3) is 5.68. The molecule has 0 fully saturated rings. The number of hydrogen-bond acceptors (Lipinski definition) is 0. The van der Waals surface area contributed by atoms with Gasteiger partial charge in [0.05, 0.1) is 0 Å². The van der Waals surface area contributed by atoms with Gasteiger partial charge in [-0.25, -0.2) is 8.78 Å². The molecule has 0 unspecified atom stereocenters. The summed E-state index contributed by atoms with van der Waals surface area (Å²) in [5.41, 5.74) is 1.67. The highest BCUT2D eigenvalue weighted by molar-refractivity contribution is 9.14. The first kappa shape index (κ1) is 19.7. The van der Waals surface area contributed by atoms with Gasteiger partial charge >= 0.3 is 0 Å². The van der Waals surface area contributed by atoms with E-state index in [0.29, 0.717) is 5.56 Å². The van der Waals surface area contributed by atoms with Crippen LogP contribution < -0.4 is 0 Å². The van der Waals surface area contributed by atoms with Gasteiger partial charge in [-0.15, -0.1) is 0 Å². The number of halogens is 7. The molecule has 0 aromatic heterocycles. The lowest BCUT2D eigenvalue weighted by atomic mass is 10.2. The fraction of sp³-hybridized carbons (Fsp3) is 0.143. The minimum atomic E-state index is -0.452. The molecule has 0 bridgehead atoms. The van der Waals surface area contributed by atoms with E-state index in [0.717, 1.165) is 27.9 Å². The number of hydrogen-bond donors (Lipinski definition) is 0. The zero-order valence-electron chi connectivity index (χ0n) is 10.7. The molecule has 0 aliphatic carbocycles. The molecule has 2 aromatic rings. The maximum absolute atomic E-state index is 12.5. The van der Waals surface area contributed by atoms with E-state index in [1.807, 2.05) is 13.0 Å². The molecule has 2 rings (SSSR count). The van der Waals surface area contributed by atoms with E-state index in [1.54, 1.807) is 6.07 Å². The van der Waals surface area contributed by atoms with Crippen LogP contribution in [-0.2, 0) is 6.67 Å². The highest BCUT2D eigenvalue weighted by Gasteiger charge is 2.06. The van der Waals surface area contributed by atoms with E-state index in [1.165, 1.54) is 12.1 Å². The summed E-state index contributed by atoms with van der Waals surface area (Å²) >= 11 is 16.3. The predicted molar refractivity (Wildman–Crippen MR) is 101 cm³/mol. The molecular formula is C14H9Br5F2. The maximum Gasteiger partial charge on any atom is 0.125 e. The molecular weight excluding hydrogens is 606 g/mol. The van der Waals surface area contributed by atoms with Crippen molar-refractivity contribution >= 4 is 79.6 Å². The normalized spacial score (nSPS) is 10.1. The van der Waals surface area contributed by atoms with Crippen molar-refractivity contribution < 1.29 is 8.78 Å². The number of alkyl halides is 1. The summed E-state index contributed by atoms with van der Waals surface area (Å²) in [5, 5.41) is 0. The lowest BCUT2D eigenvalue weighted by Gasteiger charge is -2.03. The minimum absolute atomic E-state index is 0.232. The fourth-order valence-electron chi connectivity index (χ4n) is 1.28. The average Bonchev–Trinajstić information content (AvgIpc) is 2.43. The molecule has 21 heavy (non-hydrogen) atoms. The van der Waals surface area contributed by atoms with Crippen LogP contribution >= 0.6 is 79.6 Å². The summed E-state index contributed by atoms with van der Waals surface area (Å²) in [6.07, 6.45) is 0. The van der Waals surface area contributed by atoms with Gasteiger partial charge in [0, 0.05) is 22.4 Å². The second-order valence-corrected chi connectivity index (χ2v) is 8.11. The molecule has 0 aliphatic rings. The Labute approximate surface area is 164 Å². The minimum Gasteiger partial charge on any atom is -0.246 e. The fourth-order valence-corrected chi connectivity index (χ4v) is 3.85. The Kier molecular flexibility index (Phi) is 8.56. The molecule has 0 aliphatic heterocycles. The van der Waals surface area contributed by atoms with Crippen LogP contribution in [0.2, 0.25) is 0 Å². The smallest absolute Gasteiger partial charge is 0.125 e. The highest BCUT2D eigenvalue weighted by Crippen LogP contribution is 2.33. The van der Waals surface area contributed by atoms with Crippen LogP contribution in [0.25, 0.3) is 0 Å². The van der Waals surface area contributed by atoms with E-state index < -0.39 is 6.67 Å². The van der Waals surface area contributed by atoms with Crippen molar-refractivity contribution in [2.75, 3.05) is 0 Å². The lowest BCUT2D eigenvalue weighted by molar-refractivity contribution is 0.483. The van der Waals surface area contributed by atoms with Crippen molar-refractivity contribution in [1.82, 2.24) is 0 Å². The molecule has 0 amide bonds. The predicted octanol–water partition coefficient (Wildman–Crippen LogP) is 8.10. The Morgan fingerprint density at radius 3 is 1.86 bits per heavy atom. The van der Waals surface area contributed by atoms with Gasteiger partial charge in [0.25, 0.3) is 0 Å². The molecule has 0 spiro atoms. The van der Waals surface area contributed by atoms with E-state index in [9.17, 15) is 8.78 Å². The van der Waals surface area contributed by atoms with Crippen LogP contribution in [0.5, 0.6) is 0 Å². The molecule has 0 heterocycles. The van der Waals surface area contributed by atoms with E-state index >= 15 is 0 Å². The molecule has 0 N–H and O–H groups in total. The van der Waals surface area contributed by atoms with Crippen molar-refractivity contribution in [3.63, 3.8) is 0 Å². The summed E-state index contributed by atoms with van der Waals surface area (Å²) in [7, 11) is 0. The quantitative estimate of drug-likeness (QED) is 0.285. The van der Waals surface area contributed by atoms with Crippen LogP contribution in [0.15, 0.2) is 46.6 Å². The van der Waals surface area contributed by atoms with Crippen LogP contribution in [0.1, 0.15) is 11.1 Å². The Morgan fingerprint density at radius 2 is 1.38 bits per heavy atom. The molecule has 0 nitrogen and oxygen atoms in total. The summed E-state index contributed by atoms with van der Waals surface area (Å²) in [4.78, 5) is 0. The van der Waals surface area contributed by atoms with Gasteiger partial charge < -0.3 is 0 Å². The first-order valence-electron chi connectivity index (χ1n) is 5.57.